The van der Waals surface area contributed by atoms with E-state index in [1.54, 1.807) is 17.4 Å². The van der Waals surface area contributed by atoms with Gasteiger partial charge in [-0.1, -0.05) is 132 Å². The number of sulfonamides is 1. The number of benzene rings is 5. The molecule has 0 bridgehead atoms. The van der Waals surface area contributed by atoms with Crippen LogP contribution in [0.25, 0.3) is 16.0 Å². The number of nitrogens with zero attached hydrogens (tertiary/aromatic N) is 5. The molecule has 2 aliphatic carbocycles. The summed E-state index contributed by atoms with van der Waals surface area (Å²) in [5.41, 5.74) is 3.84. The van der Waals surface area contributed by atoms with E-state index in [-0.39, 0.29) is 71.6 Å². The van der Waals surface area contributed by atoms with Gasteiger partial charge in [0.15, 0.2) is 5.78 Å². The normalized spacial score (nSPS) is 20.1. The number of carbonyl (C=O) groups is 5. The monoisotopic (exact) mass is 1610 g/mol. The van der Waals surface area contributed by atoms with Gasteiger partial charge < -0.3 is 30.9 Å². The van der Waals surface area contributed by atoms with Crippen molar-refractivity contribution in [3.8, 4) is 10.4 Å². The second-order valence-electron chi connectivity index (χ2n) is 32.3. The Labute approximate surface area is 659 Å². The molecule has 594 valence electrons. The highest BCUT2D eigenvalue weighted by atomic mass is 35.5. The average molecular weight is 1610 g/mol. The van der Waals surface area contributed by atoms with E-state index < -0.39 is 82.2 Å². The third-order valence-electron chi connectivity index (χ3n) is 22.4. The van der Waals surface area contributed by atoms with E-state index in [4.69, 9.17) is 11.6 Å². The van der Waals surface area contributed by atoms with E-state index in [0.29, 0.717) is 75.9 Å². The Morgan fingerprint density at radius 3 is 2.13 bits per heavy atom. The number of unbranched alkanes of at least 4 members (excludes halogenated alkanes) is 5. The zero-order valence-corrected chi connectivity index (χ0v) is 68.0. The summed E-state index contributed by atoms with van der Waals surface area (Å²) in [5, 5.41) is 20.6. The quantitative estimate of drug-likeness (QED) is 0.0200. The fourth-order valence-electron chi connectivity index (χ4n) is 16.2. The number of allylic oxidation sites excluding steroid dienone is 1. The van der Waals surface area contributed by atoms with Crippen LogP contribution in [-0.4, -0.2) is 165 Å². The van der Waals surface area contributed by atoms with Crippen LogP contribution >= 0.6 is 34.7 Å². The molecular formula is C83H105ClF3N9O10S4. The molecule has 3 aliphatic heterocycles. The number of aryl methyl sites for hydroxylation is 2. The minimum atomic E-state index is -6.17. The summed E-state index contributed by atoms with van der Waals surface area (Å²) in [4.78, 5) is 81.9. The minimum Gasteiger partial charge on any atom is -0.393 e. The van der Waals surface area contributed by atoms with Crippen molar-refractivity contribution in [1.29, 1.82) is 0 Å². The Bertz CT molecular complexity index is 4510. The van der Waals surface area contributed by atoms with Gasteiger partial charge in [0.25, 0.3) is 25.8 Å². The van der Waals surface area contributed by atoms with E-state index in [0.717, 1.165) is 128 Å². The van der Waals surface area contributed by atoms with Gasteiger partial charge in [-0.15, -0.1) is 23.1 Å². The van der Waals surface area contributed by atoms with E-state index in [1.807, 2.05) is 123 Å². The van der Waals surface area contributed by atoms with Crippen molar-refractivity contribution in [2.24, 2.45) is 22.7 Å². The predicted molar refractivity (Wildman–Crippen MR) is 429 cm³/mol. The molecule has 4 heterocycles. The number of Topliss-reactive ketones (excluding diaryl/α,β-unsaturated/α-hetero) is 1. The van der Waals surface area contributed by atoms with E-state index in [2.05, 4.69) is 61.6 Å². The van der Waals surface area contributed by atoms with Gasteiger partial charge in [0, 0.05) is 117 Å². The molecule has 2 saturated heterocycles. The maximum Gasteiger partial charge on any atom is 0.501 e. The first-order valence-corrected chi connectivity index (χ1v) is 43.8. The number of hydrogen-bond acceptors (Lipinski definition) is 17. The number of alkyl halides is 3. The SMILES string of the molecule is Cc1ncsc1-c1ccc([C@H](C)NC(=O)[C@@H]2C[C@@H](O)CC2C(=O)[C@@H](NC(=O)CCCCCCCCC(=O)N2CCN(CC[C@H](CSc3ccccc3)Nc3ccc(S(=O)(=O)NC(=O)c4ccc5c(c4)CCC4CN(CC6=C(c7ccc(Cl)cc7)CCC(C)(C)C6)CCN54)cc3S(=O)(=O)C(F)(F)F)CC2)C(C)(C)C)cc1. The van der Waals surface area contributed by atoms with Gasteiger partial charge in [-0.25, -0.2) is 26.5 Å². The maximum absolute atomic E-state index is 14.7. The number of piperazine rings is 2. The number of thiazole rings is 1. The van der Waals surface area contributed by atoms with E-state index in [9.17, 15) is 59.1 Å². The Morgan fingerprint density at radius 2 is 1.45 bits per heavy atom. The van der Waals surface area contributed by atoms with Gasteiger partial charge in [-0.3, -0.25) is 33.8 Å². The van der Waals surface area contributed by atoms with Crippen molar-refractivity contribution in [3.05, 3.63) is 159 Å². The predicted octanol–water partition coefficient (Wildman–Crippen LogP) is 14.9. The van der Waals surface area contributed by atoms with Crippen molar-refractivity contribution in [3.63, 3.8) is 0 Å². The number of nitrogens with one attached hydrogen (secondary N) is 4. The van der Waals surface area contributed by atoms with Crippen LogP contribution in [0.2, 0.25) is 5.02 Å². The van der Waals surface area contributed by atoms with Crippen LogP contribution in [0.3, 0.4) is 0 Å². The van der Waals surface area contributed by atoms with E-state index >= 15 is 0 Å². The molecule has 2 unspecified atom stereocenters. The van der Waals surface area contributed by atoms with Gasteiger partial charge in [0.05, 0.1) is 50.8 Å². The molecule has 110 heavy (non-hydrogen) atoms. The van der Waals surface area contributed by atoms with Gasteiger partial charge in [-0.05, 0) is 177 Å². The van der Waals surface area contributed by atoms with Gasteiger partial charge in [0.1, 0.15) is 4.90 Å². The lowest BCUT2D eigenvalue weighted by Gasteiger charge is -2.47. The highest BCUT2D eigenvalue weighted by Crippen LogP contribution is 2.45. The first-order valence-electron chi connectivity index (χ1n) is 38.6. The van der Waals surface area contributed by atoms with Crippen molar-refractivity contribution in [2.45, 2.75) is 202 Å². The number of ketones is 1. The third-order valence-corrected chi connectivity index (χ3v) is 27.7. The second kappa shape index (κ2) is 36.3. The second-order valence-corrected chi connectivity index (χ2v) is 38.2. The topological polar surface area (TPSA) is 248 Å². The fraction of sp³-hybridized carbons (Fsp3) is 0.518. The Balaban J connectivity index is 0.626. The molecule has 0 spiro atoms. The van der Waals surface area contributed by atoms with E-state index in [1.165, 1.54) is 34.5 Å². The molecule has 5 aliphatic rings. The number of sulfone groups is 1. The summed E-state index contributed by atoms with van der Waals surface area (Å²) in [6, 6.07) is 31.1. The number of halogens is 4. The maximum atomic E-state index is 14.7. The van der Waals surface area contributed by atoms with Crippen molar-refractivity contribution in [1.82, 2.24) is 35.0 Å². The standard InChI is InChI=1S/C83H105ClF3N9O10S4/c1-54(56-21-23-58(24-22-56)77-55(2)88-53-108-77)89-80(102)70-47-65(97)46-69(70)76(100)78(81(3,4)5)91-74(98)19-15-10-8-9-11-16-20-75(99)95-42-39-93(40-43-95)38-36-63(52-107-66-17-13-12-14-18-66)90-71-33-32-67(48-73(71)109(103,104)83(85,86)87)110(105,106)92-79(101)60-28-34-72-59(45-60)27-31-64-51-94(41-44-96(64)72)50-61-49-82(6,7)37-35-68(61)57-25-29-62(84)30-26-57/h12-14,17-18,21-26,28-30,32-34,45,48,53-54,63-65,69-70,78,90,97H,8-11,15-16,19-20,27,31,35-44,46-47,49-52H2,1-7H3,(H,89,102)(H,91,98)(H,92,101)/t54-,63+,64?,65-,69?,70+,78+/m0/s1. The fourth-order valence-corrected chi connectivity index (χ4v) is 20.1. The lowest BCUT2D eigenvalue weighted by molar-refractivity contribution is -0.137. The number of carbonyl (C=O) groups excluding carboxylic acids is 5. The summed E-state index contributed by atoms with van der Waals surface area (Å²) >= 11 is 9.24. The molecule has 1 aromatic heterocycles. The summed E-state index contributed by atoms with van der Waals surface area (Å²) < 4.78 is 101. The summed E-state index contributed by atoms with van der Waals surface area (Å²) in [6.07, 6.45) is 9.50. The van der Waals surface area contributed by atoms with Crippen molar-refractivity contribution in [2.75, 3.05) is 74.9 Å². The number of aliphatic hydroxyl groups is 1. The molecule has 5 N–H and O–H groups in total. The molecule has 6 aromatic rings. The highest BCUT2D eigenvalue weighted by molar-refractivity contribution is 7.99. The number of rotatable bonds is 31. The minimum absolute atomic E-state index is 0.0242. The van der Waals surface area contributed by atoms with Gasteiger partial charge in [-0.2, -0.15) is 13.2 Å². The van der Waals surface area contributed by atoms with Crippen molar-refractivity contribution >= 4 is 101 Å². The lowest BCUT2D eigenvalue weighted by atomic mass is 9.72. The van der Waals surface area contributed by atoms with Crippen molar-refractivity contribution < 1.29 is 59.1 Å². The molecule has 27 heteroatoms. The highest BCUT2D eigenvalue weighted by Gasteiger charge is 2.50. The first kappa shape index (κ1) is 83.8. The zero-order chi connectivity index (χ0) is 78.9. The summed E-state index contributed by atoms with van der Waals surface area (Å²) in [7, 11) is -11.1. The number of thioether (sulfide) groups is 1. The summed E-state index contributed by atoms with van der Waals surface area (Å²) in [5.74, 6) is -3.05. The smallest absolute Gasteiger partial charge is 0.393 e. The molecule has 19 nitrogen and oxygen atoms in total. The van der Waals surface area contributed by atoms with Crippen LogP contribution in [0.15, 0.2) is 141 Å². The molecule has 4 amide bonds. The Kier molecular flexibility index (Phi) is 27.7. The zero-order valence-electron chi connectivity index (χ0n) is 64.0. The largest absolute Gasteiger partial charge is 0.501 e. The average Bonchev–Trinajstić information content (AvgIpc) is 0.969. The molecule has 1 saturated carbocycles. The number of amides is 4. The van der Waals surface area contributed by atoms with Gasteiger partial charge >= 0.3 is 5.51 Å². The molecule has 0 radical (unpaired) electrons. The van der Waals surface area contributed by atoms with Crippen LogP contribution in [-0.2, 0) is 45.5 Å². The molecule has 3 fully saturated rings. The van der Waals surface area contributed by atoms with Crippen LogP contribution < -0.4 is 25.6 Å². The number of aromatic nitrogens is 1. The van der Waals surface area contributed by atoms with Crippen LogP contribution in [0.5, 0.6) is 0 Å². The molecule has 5 aromatic carbocycles. The Hall–Kier alpha value is -7.17. The molecule has 7 atom stereocenters. The first-order chi connectivity index (χ1) is 52.2. The van der Waals surface area contributed by atoms with Crippen LogP contribution in [0.1, 0.15) is 177 Å². The van der Waals surface area contributed by atoms with Gasteiger partial charge in [0.2, 0.25) is 17.7 Å². The molecule has 11 rings (SSSR count). The van der Waals surface area contributed by atoms with Crippen LogP contribution in [0.4, 0.5) is 24.5 Å². The van der Waals surface area contributed by atoms with Crippen LogP contribution in [0, 0.1) is 29.6 Å². The number of fused-ring (bicyclic) bond motifs is 3. The Morgan fingerprint density at radius 1 is 0.773 bits per heavy atom. The number of anilines is 2. The molecular weight excluding hydrogens is 1500 g/mol. The number of hydrogen-bond donors (Lipinski definition) is 5. The summed E-state index contributed by atoms with van der Waals surface area (Å²) in [6.45, 7) is 19.8. The number of aliphatic hydroxyl groups excluding tert-OH is 1. The third kappa shape index (κ3) is 21.4. The lowest BCUT2D eigenvalue weighted by Crippen LogP contribution is -2.55.